The molecule has 0 aromatic carbocycles. The van der Waals surface area contributed by atoms with Gasteiger partial charge in [-0.25, -0.2) is 9.97 Å². The molecule has 2 heterocycles. The van der Waals surface area contributed by atoms with Gasteiger partial charge < -0.3 is 10.6 Å². The van der Waals surface area contributed by atoms with Gasteiger partial charge >= 0.3 is 0 Å². The molecule has 2 rings (SSSR count). The second-order valence-electron chi connectivity index (χ2n) is 4.13. The third kappa shape index (κ3) is 2.90. The molecule has 0 unspecified atom stereocenters. The van der Waals surface area contributed by atoms with Crippen molar-refractivity contribution in [3.05, 3.63) is 29.4 Å². The van der Waals surface area contributed by atoms with Gasteiger partial charge in [0.05, 0.1) is 11.9 Å². The SMILES string of the molecule is C=CCNC(=O)CNc1ncnc2sc(C)c(C)c12. The normalized spacial score (nSPS) is 10.4. The standard InChI is InChI=1S/C13H16N4OS/c1-4-5-14-10(18)6-15-12-11-8(2)9(3)19-13(11)17-7-16-12/h4,7H,1,5-6H2,2-3H3,(H,14,18)(H,15,16,17). The lowest BCUT2D eigenvalue weighted by molar-refractivity contribution is -0.119. The molecule has 2 N–H and O–H groups in total. The molecule has 19 heavy (non-hydrogen) atoms. The first kappa shape index (κ1) is 13.5. The van der Waals surface area contributed by atoms with Crippen LogP contribution in [0.1, 0.15) is 10.4 Å². The minimum absolute atomic E-state index is 0.0868. The van der Waals surface area contributed by atoms with Crippen LogP contribution in [0.15, 0.2) is 19.0 Å². The van der Waals surface area contributed by atoms with Gasteiger partial charge in [-0.05, 0) is 19.4 Å². The van der Waals surface area contributed by atoms with E-state index in [1.165, 1.54) is 11.2 Å². The van der Waals surface area contributed by atoms with E-state index in [-0.39, 0.29) is 12.5 Å². The second kappa shape index (κ2) is 5.79. The first-order valence-electron chi connectivity index (χ1n) is 5.95. The molecule has 2 aromatic rings. The molecule has 0 saturated carbocycles. The van der Waals surface area contributed by atoms with Gasteiger partial charge in [0.25, 0.3) is 0 Å². The van der Waals surface area contributed by atoms with Gasteiger partial charge in [0, 0.05) is 11.4 Å². The van der Waals surface area contributed by atoms with E-state index in [2.05, 4.69) is 34.1 Å². The van der Waals surface area contributed by atoms with Crippen LogP contribution < -0.4 is 10.6 Å². The molecule has 0 saturated heterocycles. The molecule has 6 heteroatoms. The van der Waals surface area contributed by atoms with Crippen molar-refractivity contribution in [2.75, 3.05) is 18.4 Å². The van der Waals surface area contributed by atoms with Crippen molar-refractivity contribution in [1.29, 1.82) is 0 Å². The molecule has 2 aromatic heterocycles. The van der Waals surface area contributed by atoms with Crippen molar-refractivity contribution >= 4 is 33.3 Å². The van der Waals surface area contributed by atoms with Crippen molar-refractivity contribution < 1.29 is 4.79 Å². The van der Waals surface area contributed by atoms with Gasteiger partial charge in [0.1, 0.15) is 17.0 Å². The Morgan fingerprint density at radius 3 is 3.00 bits per heavy atom. The van der Waals surface area contributed by atoms with Gasteiger partial charge in [-0.15, -0.1) is 17.9 Å². The lowest BCUT2D eigenvalue weighted by Crippen LogP contribution is -2.30. The van der Waals surface area contributed by atoms with E-state index in [1.807, 2.05) is 6.92 Å². The van der Waals surface area contributed by atoms with Crippen molar-refractivity contribution in [3.63, 3.8) is 0 Å². The van der Waals surface area contributed by atoms with E-state index >= 15 is 0 Å². The topological polar surface area (TPSA) is 66.9 Å². The number of carbonyl (C=O) groups is 1. The van der Waals surface area contributed by atoms with Crippen molar-refractivity contribution in [1.82, 2.24) is 15.3 Å². The Balaban J connectivity index is 2.17. The largest absolute Gasteiger partial charge is 0.360 e. The van der Waals surface area contributed by atoms with Gasteiger partial charge in [0.2, 0.25) is 5.91 Å². The van der Waals surface area contributed by atoms with Crippen LogP contribution in [0.2, 0.25) is 0 Å². The van der Waals surface area contributed by atoms with Gasteiger partial charge in [-0.2, -0.15) is 0 Å². The molecule has 5 nitrogen and oxygen atoms in total. The molecule has 0 aliphatic rings. The molecule has 0 fully saturated rings. The van der Waals surface area contributed by atoms with Crippen molar-refractivity contribution in [2.45, 2.75) is 13.8 Å². The first-order valence-corrected chi connectivity index (χ1v) is 6.77. The number of anilines is 1. The Kier molecular flexibility index (Phi) is 4.11. The molecule has 0 aliphatic heterocycles. The molecule has 0 aliphatic carbocycles. The highest BCUT2D eigenvalue weighted by Crippen LogP contribution is 2.32. The van der Waals surface area contributed by atoms with Crippen LogP contribution in [0, 0.1) is 13.8 Å². The van der Waals surface area contributed by atoms with E-state index < -0.39 is 0 Å². The van der Waals surface area contributed by atoms with Crippen LogP contribution in [-0.2, 0) is 4.79 Å². The molecule has 100 valence electrons. The summed E-state index contributed by atoms with van der Waals surface area (Å²) in [6.45, 7) is 8.31. The summed E-state index contributed by atoms with van der Waals surface area (Å²) >= 11 is 1.64. The predicted octanol–water partition coefficient (Wildman–Crippen LogP) is 2.02. The zero-order valence-electron chi connectivity index (χ0n) is 11.0. The maximum absolute atomic E-state index is 11.5. The highest BCUT2D eigenvalue weighted by atomic mass is 32.1. The molecule has 1 amide bonds. The molecule has 0 atom stereocenters. The second-order valence-corrected chi connectivity index (χ2v) is 5.34. The van der Waals surface area contributed by atoms with Crippen molar-refractivity contribution in [3.8, 4) is 0 Å². The lowest BCUT2D eigenvalue weighted by Gasteiger charge is -2.07. The number of aryl methyl sites for hydroxylation is 2. The van der Waals surface area contributed by atoms with Crippen molar-refractivity contribution in [2.24, 2.45) is 0 Å². The van der Waals surface area contributed by atoms with E-state index in [9.17, 15) is 4.79 Å². The maximum atomic E-state index is 11.5. The summed E-state index contributed by atoms with van der Waals surface area (Å²) in [6, 6.07) is 0. The third-order valence-corrected chi connectivity index (χ3v) is 3.94. The number of nitrogens with one attached hydrogen (secondary N) is 2. The molecule has 0 spiro atoms. The minimum atomic E-state index is -0.0868. The average Bonchev–Trinajstić information content (AvgIpc) is 2.70. The van der Waals surface area contributed by atoms with Crippen LogP contribution in [0.3, 0.4) is 0 Å². The maximum Gasteiger partial charge on any atom is 0.239 e. The molecule has 0 bridgehead atoms. The Bertz CT molecular complexity index is 620. The number of amides is 1. The predicted molar refractivity (Wildman–Crippen MR) is 78.6 cm³/mol. The fraction of sp³-hybridized carbons (Fsp3) is 0.308. The van der Waals surface area contributed by atoms with Crippen LogP contribution in [0.4, 0.5) is 5.82 Å². The number of thiophene rings is 1. The third-order valence-electron chi connectivity index (χ3n) is 2.83. The number of carbonyl (C=O) groups excluding carboxylic acids is 1. The van der Waals surface area contributed by atoms with E-state index in [1.54, 1.807) is 17.4 Å². The number of rotatable bonds is 5. The average molecular weight is 276 g/mol. The number of aromatic nitrogens is 2. The highest BCUT2D eigenvalue weighted by molar-refractivity contribution is 7.18. The monoisotopic (exact) mass is 276 g/mol. The fourth-order valence-corrected chi connectivity index (χ4v) is 2.73. The van der Waals surface area contributed by atoms with Crippen LogP contribution in [-0.4, -0.2) is 29.0 Å². The number of nitrogens with zero attached hydrogens (tertiary/aromatic N) is 2. The van der Waals surface area contributed by atoms with Gasteiger partial charge in [-0.1, -0.05) is 6.08 Å². The zero-order valence-corrected chi connectivity index (χ0v) is 11.8. The Labute approximate surface area is 115 Å². The van der Waals surface area contributed by atoms with E-state index in [0.29, 0.717) is 12.4 Å². The Morgan fingerprint density at radius 2 is 2.26 bits per heavy atom. The number of hydrogen-bond acceptors (Lipinski definition) is 5. The lowest BCUT2D eigenvalue weighted by atomic mass is 10.2. The van der Waals surface area contributed by atoms with Crippen LogP contribution >= 0.6 is 11.3 Å². The summed E-state index contributed by atoms with van der Waals surface area (Å²) in [7, 11) is 0. The smallest absolute Gasteiger partial charge is 0.239 e. The Hall–Kier alpha value is -1.95. The number of fused-ring (bicyclic) bond motifs is 1. The summed E-state index contributed by atoms with van der Waals surface area (Å²) in [4.78, 5) is 22.2. The quantitative estimate of drug-likeness (QED) is 0.820. The van der Waals surface area contributed by atoms with Crippen LogP contribution in [0.25, 0.3) is 10.2 Å². The summed E-state index contributed by atoms with van der Waals surface area (Å²) < 4.78 is 0. The summed E-state index contributed by atoms with van der Waals surface area (Å²) in [5.74, 6) is 0.622. The van der Waals surface area contributed by atoms with Gasteiger partial charge in [0.15, 0.2) is 0 Å². The summed E-state index contributed by atoms with van der Waals surface area (Å²) in [6.07, 6.45) is 3.16. The zero-order chi connectivity index (χ0) is 13.8. The number of hydrogen-bond donors (Lipinski definition) is 2. The van der Waals surface area contributed by atoms with E-state index in [4.69, 9.17) is 0 Å². The summed E-state index contributed by atoms with van der Waals surface area (Å²) in [5.41, 5.74) is 1.16. The Morgan fingerprint density at radius 1 is 1.47 bits per heavy atom. The fourth-order valence-electron chi connectivity index (χ4n) is 1.73. The molecular weight excluding hydrogens is 260 g/mol. The summed E-state index contributed by atoms with van der Waals surface area (Å²) in [5, 5.41) is 6.77. The van der Waals surface area contributed by atoms with Gasteiger partial charge in [-0.3, -0.25) is 4.79 Å². The minimum Gasteiger partial charge on any atom is -0.360 e. The molecule has 0 radical (unpaired) electrons. The highest BCUT2D eigenvalue weighted by Gasteiger charge is 2.12. The molecular formula is C13H16N4OS. The first-order chi connectivity index (χ1) is 9.13. The van der Waals surface area contributed by atoms with E-state index in [0.717, 1.165) is 15.8 Å². The van der Waals surface area contributed by atoms with Crippen LogP contribution in [0.5, 0.6) is 0 Å².